The van der Waals surface area contributed by atoms with Crippen molar-refractivity contribution in [2.24, 2.45) is 0 Å². The molecule has 0 aromatic heterocycles. The van der Waals surface area contributed by atoms with Gasteiger partial charge in [0.1, 0.15) is 0 Å². The fourth-order valence-corrected chi connectivity index (χ4v) is 2.20. The Morgan fingerprint density at radius 2 is 2.20 bits per heavy atom. The minimum Gasteiger partial charge on any atom is -0.493 e. The zero-order valence-electron chi connectivity index (χ0n) is 12.3. The Morgan fingerprint density at radius 1 is 1.40 bits per heavy atom. The van der Waals surface area contributed by atoms with E-state index < -0.39 is 0 Å². The van der Waals surface area contributed by atoms with Gasteiger partial charge in [-0.2, -0.15) is 0 Å². The summed E-state index contributed by atoms with van der Waals surface area (Å²) in [6.07, 6.45) is 2.10. The number of urea groups is 1. The van der Waals surface area contributed by atoms with Crippen molar-refractivity contribution in [2.45, 2.75) is 25.8 Å². The van der Waals surface area contributed by atoms with E-state index in [9.17, 15) is 4.79 Å². The molecule has 0 spiro atoms. The summed E-state index contributed by atoms with van der Waals surface area (Å²) in [6, 6.07) is 5.78. The molecule has 1 N–H and O–H groups in total. The van der Waals surface area contributed by atoms with Gasteiger partial charge in [-0.3, -0.25) is 0 Å². The van der Waals surface area contributed by atoms with Gasteiger partial charge in [-0.25, -0.2) is 4.79 Å². The van der Waals surface area contributed by atoms with E-state index in [2.05, 4.69) is 12.2 Å². The van der Waals surface area contributed by atoms with E-state index in [1.54, 1.807) is 19.1 Å². The molecule has 1 atom stereocenters. The number of methoxy groups -OCH3 is 1. The molecule has 0 saturated carbocycles. The summed E-state index contributed by atoms with van der Waals surface area (Å²) in [6.45, 7) is 3.47. The van der Waals surface area contributed by atoms with Crippen molar-refractivity contribution in [3.8, 4) is 11.5 Å². The molecule has 0 bridgehead atoms. The lowest BCUT2D eigenvalue weighted by molar-refractivity contribution is 0.226. The summed E-state index contributed by atoms with van der Waals surface area (Å²) in [5.74, 6) is 1.46. The quantitative estimate of drug-likeness (QED) is 0.814. The highest BCUT2D eigenvalue weighted by atomic mass is 16.5. The number of nitrogens with one attached hydrogen (secondary N) is 1. The van der Waals surface area contributed by atoms with Crippen LogP contribution >= 0.6 is 0 Å². The molecule has 1 aliphatic heterocycles. The molecule has 1 fully saturated rings. The lowest BCUT2D eigenvalue weighted by Crippen LogP contribution is -2.23. The Labute approximate surface area is 119 Å². The van der Waals surface area contributed by atoms with Gasteiger partial charge >= 0.3 is 6.03 Å². The van der Waals surface area contributed by atoms with Crippen LogP contribution in [-0.4, -0.2) is 38.2 Å². The van der Waals surface area contributed by atoms with Crippen LogP contribution in [-0.2, 0) is 0 Å². The van der Waals surface area contributed by atoms with Crippen LogP contribution in [0, 0.1) is 0 Å². The van der Waals surface area contributed by atoms with Gasteiger partial charge in [-0.1, -0.05) is 19.4 Å². The molecular weight excluding hydrogens is 256 g/mol. The number of carbonyl (C=O) groups is 1. The first-order chi connectivity index (χ1) is 9.65. The number of unbranched alkanes of at least 4 members (excludes halogenated alkanes) is 1. The van der Waals surface area contributed by atoms with Crippen molar-refractivity contribution in [2.75, 3.05) is 27.3 Å². The number of rotatable bonds is 6. The van der Waals surface area contributed by atoms with Crippen LogP contribution in [0.2, 0.25) is 0 Å². The molecule has 2 amide bonds. The van der Waals surface area contributed by atoms with Gasteiger partial charge in [-0.15, -0.1) is 0 Å². The second-order valence-corrected chi connectivity index (χ2v) is 4.99. The summed E-state index contributed by atoms with van der Waals surface area (Å²) in [5, 5.41) is 2.94. The fraction of sp³-hybridized carbons (Fsp3) is 0.533. The minimum absolute atomic E-state index is 0.00642. The average molecular weight is 278 g/mol. The molecule has 1 aromatic rings. The molecule has 0 aliphatic carbocycles. The van der Waals surface area contributed by atoms with Crippen LogP contribution in [0.15, 0.2) is 18.2 Å². The largest absolute Gasteiger partial charge is 0.493 e. The Hall–Kier alpha value is -1.91. The van der Waals surface area contributed by atoms with E-state index >= 15 is 0 Å². The van der Waals surface area contributed by atoms with Crippen LogP contribution in [0.25, 0.3) is 0 Å². The molecule has 0 radical (unpaired) electrons. The normalized spacial score (nSPS) is 18.1. The third-order valence-electron chi connectivity index (χ3n) is 3.45. The number of likely N-dealkylation sites (N-methyl/N-ethyl adjacent to an activating group) is 1. The molecule has 1 aliphatic rings. The van der Waals surface area contributed by atoms with E-state index in [0.29, 0.717) is 13.2 Å². The first kappa shape index (κ1) is 14.5. The predicted molar refractivity (Wildman–Crippen MR) is 77.3 cm³/mol. The van der Waals surface area contributed by atoms with Gasteiger partial charge in [-0.05, 0) is 24.1 Å². The van der Waals surface area contributed by atoms with E-state index in [-0.39, 0.29) is 12.1 Å². The Bertz CT molecular complexity index is 476. The molecule has 5 heteroatoms. The molecule has 1 heterocycles. The van der Waals surface area contributed by atoms with Crippen molar-refractivity contribution < 1.29 is 14.3 Å². The lowest BCUT2D eigenvalue weighted by Gasteiger charge is -2.15. The molecule has 1 aromatic carbocycles. The van der Waals surface area contributed by atoms with E-state index in [1.165, 1.54) is 0 Å². The maximum atomic E-state index is 11.5. The number of ether oxygens (including phenoxy) is 2. The van der Waals surface area contributed by atoms with Crippen molar-refractivity contribution in [1.29, 1.82) is 0 Å². The first-order valence-corrected chi connectivity index (χ1v) is 6.98. The third kappa shape index (κ3) is 3.15. The van der Waals surface area contributed by atoms with Gasteiger partial charge in [0, 0.05) is 13.6 Å². The summed E-state index contributed by atoms with van der Waals surface area (Å²) < 4.78 is 11.1. The highest BCUT2D eigenvalue weighted by Gasteiger charge is 2.27. The lowest BCUT2D eigenvalue weighted by atomic mass is 10.1. The zero-order chi connectivity index (χ0) is 14.5. The van der Waals surface area contributed by atoms with Crippen molar-refractivity contribution in [1.82, 2.24) is 10.2 Å². The van der Waals surface area contributed by atoms with Gasteiger partial charge in [0.15, 0.2) is 11.5 Å². The summed E-state index contributed by atoms with van der Waals surface area (Å²) in [4.78, 5) is 13.2. The molecule has 1 unspecified atom stereocenters. The molecule has 5 nitrogen and oxygen atoms in total. The van der Waals surface area contributed by atoms with Crippen LogP contribution in [0.3, 0.4) is 0 Å². The molecule has 110 valence electrons. The number of benzene rings is 1. The second-order valence-electron chi connectivity index (χ2n) is 4.99. The average Bonchev–Trinajstić information content (AvgIpc) is 2.79. The first-order valence-electron chi connectivity index (χ1n) is 6.98. The number of amides is 2. The number of hydrogen-bond donors (Lipinski definition) is 1. The Balaban J connectivity index is 2.14. The predicted octanol–water partition coefficient (Wildman–Crippen LogP) is 2.57. The number of carbonyl (C=O) groups excluding carboxylic acids is 1. The standard InChI is InChI=1S/C15H22N2O3/c1-4-5-8-20-14-9-11(6-7-13(14)19-3)12-10-17(2)15(18)16-12/h6-7,9,12H,4-5,8,10H2,1-3H3,(H,16,18). The van der Waals surface area contributed by atoms with Gasteiger partial charge in [0.2, 0.25) is 0 Å². The maximum Gasteiger partial charge on any atom is 0.317 e. The van der Waals surface area contributed by atoms with Crippen molar-refractivity contribution in [3.05, 3.63) is 23.8 Å². The van der Waals surface area contributed by atoms with Crippen molar-refractivity contribution >= 4 is 6.03 Å². The third-order valence-corrected chi connectivity index (χ3v) is 3.45. The summed E-state index contributed by atoms with van der Waals surface area (Å²) in [5.41, 5.74) is 1.04. The van der Waals surface area contributed by atoms with Crippen LogP contribution in [0.4, 0.5) is 4.79 Å². The van der Waals surface area contributed by atoms with Gasteiger partial charge in [0.25, 0.3) is 0 Å². The molecule has 2 rings (SSSR count). The van der Waals surface area contributed by atoms with Gasteiger partial charge < -0.3 is 19.7 Å². The molecule has 1 saturated heterocycles. The van der Waals surface area contributed by atoms with Crippen molar-refractivity contribution in [3.63, 3.8) is 0 Å². The van der Waals surface area contributed by atoms with Gasteiger partial charge in [0.05, 0.1) is 19.8 Å². The zero-order valence-corrected chi connectivity index (χ0v) is 12.3. The fourth-order valence-electron chi connectivity index (χ4n) is 2.20. The number of hydrogen-bond acceptors (Lipinski definition) is 3. The summed E-state index contributed by atoms with van der Waals surface area (Å²) in [7, 11) is 3.42. The monoisotopic (exact) mass is 278 g/mol. The topological polar surface area (TPSA) is 50.8 Å². The van der Waals surface area contributed by atoms with Crippen LogP contribution < -0.4 is 14.8 Å². The second kappa shape index (κ2) is 6.50. The number of nitrogens with zero attached hydrogens (tertiary/aromatic N) is 1. The minimum atomic E-state index is -0.0423. The van der Waals surface area contributed by atoms with Crippen LogP contribution in [0.5, 0.6) is 11.5 Å². The van der Waals surface area contributed by atoms with Crippen LogP contribution in [0.1, 0.15) is 31.4 Å². The molecule has 20 heavy (non-hydrogen) atoms. The highest BCUT2D eigenvalue weighted by molar-refractivity contribution is 5.77. The smallest absolute Gasteiger partial charge is 0.317 e. The Kier molecular flexibility index (Phi) is 4.71. The highest BCUT2D eigenvalue weighted by Crippen LogP contribution is 2.31. The maximum absolute atomic E-state index is 11.5. The summed E-state index contributed by atoms with van der Waals surface area (Å²) >= 11 is 0. The van der Waals surface area contributed by atoms with E-state index in [0.717, 1.165) is 29.9 Å². The Morgan fingerprint density at radius 3 is 2.80 bits per heavy atom. The molecular formula is C15H22N2O3. The van der Waals surface area contributed by atoms with E-state index in [4.69, 9.17) is 9.47 Å². The van der Waals surface area contributed by atoms with E-state index in [1.807, 2.05) is 18.2 Å². The SMILES string of the molecule is CCCCOc1cc(C2CN(C)C(=O)N2)ccc1OC.